The number of aromatic nitrogens is 1. The molecule has 0 aliphatic heterocycles. The summed E-state index contributed by atoms with van der Waals surface area (Å²) in [6, 6.07) is 93.2. The van der Waals surface area contributed by atoms with E-state index >= 15 is 0 Å². The molecule has 0 aliphatic rings. The van der Waals surface area contributed by atoms with Gasteiger partial charge in [-0.05, 0) is 129 Å². The van der Waals surface area contributed by atoms with Crippen LogP contribution in [0.15, 0.2) is 255 Å². The molecule has 0 N–H and O–H groups in total. The van der Waals surface area contributed by atoms with Gasteiger partial charge < -0.3 is 9.47 Å². The topological polar surface area (TPSA) is 8.17 Å². The second-order valence-electron chi connectivity index (χ2n) is 17.3. The number of benzene rings is 11. The highest BCUT2D eigenvalue weighted by Gasteiger charge is 2.18. The lowest BCUT2D eigenvalue weighted by molar-refractivity contribution is 1.18. The Kier molecular flexibility index (Phi) is 9.40. The molecule has 2 nitrogen and oxygen atoms in total. The number of nitrogens with zero attached hydrogens (tertiary/aromatic N) is 2. The molecule has 0 saturated heterocycles. The van der Waals surface area contributed by atoms with Crippen LogP contribution in [0.2, 0.25) is 0 Å². The number of hydrogen-bond acceptors (Lipinski definition) is 2. The van der Waals surface area contributed by atoms with Gasteiger partial charge in [0.2, 0.25) is 0 Å². The third-order valence-corrected chi connectivity index (χ3v) is 14.5. The summed E-state index contributed by atoms with van der Waals surface area (Å²) in [5.41, 5.74) is 16.4. The molecule has 0 saturated carbocycles. The van der Waals surface area contributed by atoms with Crippen molar-refractivity contribution in [3.63, 3.8) is 0 Å². The lowest BCUT2D eigenvalue weighted by Gasteiger charge is -2.26. The monoisotopic (exact) mass is 870 g/mol. The van der Waals surface area contributed by atoms with Crippen molar-refractivity contribution in [2.45, 2.75) is 0 Å². The van der Waals surface area contributed by atoms with Crippen LogP contribution in [0.25, 0.3) is 103 Å². The second kappa shape index (κ2) is 16.2. The first kappa shape index (κ1) is 38.9. The third kappa shape index (κ3) is 6.88. The molecule has 0 amide bonds. The average Bonchev–Trinajstić information content (AvgIpc) is 3.95. The predicted octanol–water partition coefficient (Wildman–Crippen LogP) is 18.4. The van der Waals surface area contributed by atoms with Crippen LogP contribution in [0.3, 0.4) is 0 Å². The fraction of sp³-hybridized carbons (Fsp3) is 0. The van der Waals surface area contributed by atoms with Crippen LogP contribution < -0.4 is 4.90 Å². The molecule has 13 aromatic rings. The van der Waals surface area contributed by atoms with Crippen LogP contribution >= 0.6 is 11.3 Å². The fourth-order valence-electron chi connectivity index (χ4n) is 10.1. The highest BCUT2D eigenvalue weighted by atomic mass is 32.1. The Morgan fingerprint density at radius 3 is 1.45 bits per heavy atom. The molecule has 0 atom stereocenters. The molecule has 0 spiro atoms. The summed E-state index contributed by atoms with van der Waals surface area (Å²) in [7, 11) is 0. The average molecular weight is 871 g/mol. The van der Waals surface area contributed by atoms with E-state index in [1.165, 1.54) is 91.7 Å². The lowest BCUT2D eigenvalue weighted by atomic mass is 9.97. The number of rotatable bonds is 8. The molecular formula is C64H42N2S. The highest BCUT2D eigenvalue weighted by Crippen LogP contribution is 2.42. The van der Waals surface area contributed by atoms with E-state index in [4.69, 9.17) is 0 Å². The third-order valence-electron chi connectivity index (χ3n) is 13.4. The molecule has 0 unspecified atom stereocenters. The van der Waals surface area contributed by atoms with E-state index in [9.17, 15) is 0 Å². The molecule has 13 rings (SSSR count). The van der Waals surface area contributed by atoms with Gasteiger partial charge in [-0.1, -0.05) is 176 Å². The Hall–Kier alpha value is -8.50. The van der Waals surface area contributed by atoms with Crippen LogP contribution in [0.5, 0.6) is 0 Å². The van der Waals surface area contributed by atoms with Gasteiger partial charge in [0.25, 0.3) is 0 Å². The van der Waals surface area contributed by atoms with E-state index in [2.05, 4.69) is 264 Å². The molecule has 0 fully saturated rings. The van der Waals surface area contributed by atoms with Gasteiger partial charge in [-0.25, -0.2) is 0 Å². The molecule has 2 aromatic heterocycles. The largest absolute Gasteiger partial charge is 0.311 e. The summed E-state index contributed by atoms with van der Waals surface area (Å²) in [6.45, 7) is 0. The van der Waals surface area contributed by atoms with E-state index in [1.807, 2.05) is 11.3 Å². The van der Waals surface area contributed by atoms with Crippen molar-refractivity contribution < 1.29 is 0 Å². The first-order valence-electron chi connectivity index (χ1n) is 22.9. The number of thiophene rings is 1. The number of hydrogen-bond donors (Lipinski definition) is 0. The van der Waals surface area contributed by atoms with Gasteiger partial charge in [0.1, 0.15) is 0 Å². The van der Waals surface area contributed by atoms with Gasteiger partial charge in [-0.15, -0.1) is 11.3 Å². The van der Waals surface area contributed by atoms with Crippen LogP contribution in [-0.4, -0.2) is 4.57 Å². The Morgan fingerprint density at radius 2 is 0.761 bits per heavy atom. The number of para-hydroxylation sites is 3. The van der Waals surface area contributed by atoms with Gasteiger partial charge >= 0.3 is 0 Å². The van der Waals surface area contributed by atoms with E-state index < -0.39 is 0 Å². The van der Waals surface area contributed by atoms with Crippen LogP contribution in [0.4, 0.5) is 17.1 Å². The molecule has 11 aromatic carbocycles. The maximum absolute atomic E-state index is 2.42. The van der Waals surface area contributed by atoms with Crippen molar-refractivity contribution in [1.82, 2.24) is 4.57 Å². The maximum Gasteiger partial charge on any atom is 0.0541 e. The maximum atomic E-state index is 2.42. The van der Waals surface area contributed by atoms with E-state index in [0.717, 1.165) is 28.3 Å². The second-order valence-corrected chi connectivity index (χ2v) is 18.4. The molecule has 2 heterocycles. The van der Waals surface area contributed by atoms with Crippen molar-refractivity contribution >= 4 is 81.1 Å². The fourth-order valence-corrected chi connectivity index (χ4v) is 11.2. The van der Waals surface area contributed by atoms with E-state index in [1.54, 1.807) is 0 Å². The highest BCUT2D eigenvalue weighted by molar-refractivity contribution is 7.25. The smallest absolute Gasteiger partial charge is 0.0541 e. The van der Waals surface area contributed by atoms with Gasteiger partial charge in [-0.2, -0.15) is 0 Å². The van der Waals surface area contributed by atoms with Crippen molar-refractivity contribution in [3.8, 4) is 50.2 Å². The minimum atomic E-state index is 1.09. The minimum Gasteiger partial charge on any atom is -0.311 e. The van der Waals surface area contributed by atoms with Crippen molar-refractivity contribution in [3.05, 3.63) is 255 Å². The number of fused-ring (bicyclic) bond motifs is 7. The molecule has 314 valence electrons. The SMILES string of the molecule is c1cc(-c2ccc(N(c3ccc(-c4ccc5c(c4)sc4ccccc45)cc3)c3ccc(-c4ccccc4-n4c5ccccc5c5ccccc54)cc3)cc2)cc(-c2ccc3ccccc3c2)c1. The summed E-state index contributed by atoms with van der Waals surface area (Å²) in [6.07, 6.45) is 0. The van der Waals surface area contributed by atoms with E-state index in [-0.39, 0.29) is 0 Å². The molecule has 0 radical (unpaired) electrons. The van der Waals surface area contributed by atoms with Crippen LogP contribution in [0.1, 0.15) is 0 Å². The van der Waals surface area contributed by atoms with Crippen molar-refractivity contribution in [2.75, 3.05) is 4.90 Å². The summed E-state index contributed by atoms with van der Waals surface area (Å²) in [4.78, 5) is 2.37. The predicted molar refractivity (Wildman–Crippen MR) is 288 cm³/mol. The Balaban J connectivity index is 0.877. The summed E-state index contributed by atoms with van der Waals surface area (Å²) < 4.78 is 5.05. The zero-order valence-electron chi connectivity index (χ0n) is 36.6. The summed E-state index contributed by atoms with van der Waals surface area (Å²) in [5.74, 6) is 0. The molecule has 0 aliphatic carbocycles. The van der Waals surface area contributed by atoms with Gasteiger partial charge in [-0.3, -0.25) is 0 Å². The first-order valence-corrected chi connectivity index (χ1v) is 23.7. The van der Waals surface area contributed by atoms with Crippen LogP contribution in [-0.2, 0) is 0 Å². The summed E-state index contributed by atoms with van der Waals surface area (Å²) in [5, 5.41) is 7.66. The minimum absolute atomic E-state index is 1.09. The van der Waals surface area contributed by atoms with E-state index in [0.29, 0.717) is 0 Å². The molecule has 3 heteroatoms. The Morgan fingerprint density at radius 1 is 0.284 bits per heavy atom. The Bertz CT molecular complexity index is 3920. The molecular weight excluding hydrogens is 829 g/mol. The zero-order valence-corrected chi connectivity index (χ0v) is 37.4. The lowest BCUT2D eigenvalue weighted by Crippen LogP contribution is -2.09. The normalized spacial score (nSPS) is 11.6. The zero-order chi connectivity index (χ0) is 44.3. The van der Waals surface area contributed by atoms with Gasteiger partial charge in [0.15, 0.2) is 0 Å². The van der Waals surface area contributed by atoms with Crippen LogP contribution in [0, 0.1) is 0 Å². The van der Waals surface area contributed by atoms with Crippen molar-refractivity contribution in [2.24, 2.45) is 0 Å². The van der Waals surface area contributed by atoms with Crippen molar-refractivity contribution in [1.29, 1.82) is 0 Å². The number of anilines is 3. The van der Waals surface area contributed by atoms with Gasteiger partial charge in [0, 0.05) is 53.6 Å². The quantitative estimate of drug-likeness (QED) is 0.148. The molecule has 67 heavy (non-hydrogen) atoms. The first-order chi connectivity index (χ1) is 33.2. The molecule has 0 bridgehead atoms. The summed E-state index contributed by atoms with van der Waals surface area (Å²) >= 11 is 1.86. The Labute approximate surface area is 393 Å². The van der Waals surface area contributed by atoms with Gasteiger partial charge in [0.05, 0.1) is 16.7 Å². The standard InChI is InChI=1S/C64H42N2S/c1-2-13-47-41-50(25-24-43(47)12-1)49-15-11-14-48(40-49)44-26-33-52(34-27-44)65(53-35-28-45(29-36-53)51-32-39-59-58-19-6-10-23-63(58)67-64(59)42-51)54-37-30-46(31-38-54)55-16-3-7-20-60(55)66-61-21-8-4-17-56(61)57-18-5-9-22-62(57)66/h1-42H.